The summed E-state index contributed by atoms with van der Waals surface area (Å²) in [6, 6.07) is 7.92. The van der Waals surface area contributed by atoms with Crippen molar-refractivity contribution in [3.8, 4) is 5.75 Å². The molecule has 1 aromatic carbocycles. The molecule has 1 atom stereocenters. The maximum atomic E-state index is 10.5. The summed E-state index contributed by atoms with van der Waals surface area (Å²) in [5.41, 5.74) is 1.66. The molecule has 1 aliphatic rings. The summed E-state index contributed by atoms with van der Waals surface area (Å²) in [7, 11) is 0. The molecule has 80 valence electrons. The van der Waals surface area contributed by atoms with Gasteiger partial charge >= 0.3 is 0 Å². The van der Waals surface area contributed by atoms with Gasteiger partial charge in [0.05, 0.1) is 11.9 Å². The molecule has 4 heteroatoms. The quantitative estimate of drug-likeness (QED) is 0.777. The Kier molecular flexibility index (Phi) is 1.99. The molecule has 1 aliphatic heterocycles. The van der Waals surface area contributed by atoms with E-state index in [1.807, 2.05) is 24.3 Å². The Morgan fingerprint density at radius 3 is 3.06 bits per heavy atom. The van der Waals surface area contributed by atoms with E-state index in [0.717, 1.165) is 18.5 Å². The van der Waals surface area contributed by atoms with Crippen LogP contribution < -0.4 is 4.74 Å². The minimum atomic E-state index is -0.105. The summed E-state index contributed by atoms with van der Waals surface area (Å²) >= 11 is 0. The van der Waals surface area contributed by atoms with Gasteiger partial charge in [0.1, 0.15) is 11.6 Å². The van der Waals surface area contributed by atoms with E-state index in [9.17, 15) is 4.79 Å². The van der Waals surface area contributed by atoms with Crippen molar-refractivity contribution in [3.05, 3.63) is 47.5 Å². The number of H-pyrrole nitrogens is 1. The van der Waals surface area contributed by atoms with Gasteiger partial charge in [-0.15, -0.1) is 0 Å². The Morgan fingerprint density at radius 2 is 2.31 bits per heavy atom. The van der Waals surface area contributed by atoms with E-state index in [2.05, 4.69) is 9.97 Å². The zero-order valence-corrected chi connectivity index (χ0v) is 8.51. The van der Waals surface area contributed by atoms with Crippen molar-refractivity contribution < 1.29 is 9.53 Å². The number of nitrogens with zero attached hydrogens (tertiary/aromatic N) is 1. The molecule has 0 amide bonds. The molecule has 1 aromatic heterocycles. The highest BCUT2D eigenvalue weighted by atomic mass is 16.5. The number of imidazole rings is 1. The SMILES string of the molecule is O=Cc1cnc(C2Cc3ccccc3O2)[nH]1. The maximum absolute atomic E-state index is 10.5. The second-order valence-corrected chi connectivity index (χ2v) is 3.76. The van der Waals surface area contributed by atoms with Crippen LogP contribution in [0.3, 0.4) is 0 Å². The lowest BCUT2D eigenvalue weighted by atomic mass is 10.1. The summed E-state index contributed by atoms with van der Waals surface area (Å²) in [5.74, 6) is 1.61. The predicted molar refractivity (Wildman–Crippen MR) is 57.5 cm³/mol. The molecule has 0 bridgehead atoms. The number of carbonyl (C=O) groups is 1. The third-order valence-electron chi connectivity index (χ3n) is 2.69. The van der Waals surface area contributed by atoms with Crippen molar-refractivity contribution >= 4 is 6.29 Å². The van der Waals surface area contributed by atoms with Gasteiger partial charge < -0.3 is 9.72 Å². The van der Waals surface area contributed by atoms with E-state index >= 15 is 0 Å². The topological polar surface area (TPSA) is 55.0 Å². The Balaban J connectivity index is 1.88. The van der Waals surface area contributed by atoms with Gasteiger partial charge in [0, 0.05) is 6.42 Å². The molecule has 1 unspecified atom stereocenters. The second kappa shape index (κ2) is 3.48. The van der Waals surface area contributed by atoms with Gasteiger partial charge in [-0.1, -0.05) is 18.2 Å². The van der Waals surface area contributed by atoms with E-state index in [-0.39, 0.29) is 6.10 Å². The van der Waals surface area contributed by atoms with Gasteiger partial charge in [-0.25, -0.2) is 4.98 Å². The van der Waals surface area contributed by atoms with Crippen LogP contribution in [0.1, 0.15) is 28.0 Å². The van der Waals surface area contributed by atoms with Crippen LogP contribution >= 0.6 is 0 Å². The number of hydrogen-bond donors (Lipinski definition) is 1. The molecule has 2 heterocycles. The van der Waals surface area contributed by atoms with Crippen LogP contribution in [-0.4, -0.2) is 16.3 Å². The zero-order valence-electron chi connectivity index (χ0n) is 8.51. The fourth-order valence-corrected chi connectivity index (χ4v) is 1.91. The van der Waals surface area contributed by atoms with Crippen LogP contribution in [0.2, 0.25) is 0 Å². The number of benzene rings is 1. The summed E-state index contributed by atoms with van der Waals surface area (Å²) in [4.78, 5) is 17.6. The number of hydrogen-bond acceptors (Lipinski definition) is 3. The molecule has 0 saturated heterocycles. The van der Waals surface area contributed by atoms with Gasteiger partial charge in [0.25, 0.3) is 0 Å². The lowest BCUT2D eigenvalue weighted by Gasteiger charge is -2.06. The highest BCUT2D eigenvalue weighted by Crippen LogP contribution is 2.34. The van der Waals surface area contributed by atoms with E-state index in [1.54, 1.807) is 0 Å². The third kappa shape index (κ3) is 1.39. The molecule has 1 N–H and O–H groups in total. The van der Waals surface area contributed by atoms with Gasteiger partial charge in [-0.2, -0.15) is 0 Å². The van der Waals surface area contributed by atoms with Crippen LogP contribution in [0.5, 0.6) is 5.75 Å². The molecule has 0 radical (unpaired) electrons. The first-order valence-electron chi connectivity index (χ1n) is 5.11. The minimum Gasteiger partial charge on any atom is -0.482 e. The van der Waals surface area contributed by atoms with Crippen molar-refractivity contribution in [1.29, 1.82) is 0 Å². The number of aromatic nitrogens is 2. The van der Waals surface area contributed by atoms with Gasteiger partial charge in [0.2, 0.25) is 0 Å². The number of nitrogens with one attached hydrogen (secondary N) is 1. The molecule has 4 nitrogen and oxygen atoms in total. The van der Waals surface area contributed by atoms with Crippen molar-refractivity contribution in [1.82, 2.24) is 9.97 Å². The predicted octanol–water partition coefficient (Wildman–Crippen LogP) is 1.90. The molecule has 0 spiro atoms. The Hall–Kier alpha value is -2.10. The van der Waals surface area contributed by atoms with Gasteiger partial charge in [-0.05, 0) is 11.6 Å². The largest absolute Gasteiger partial charge is 0.482 e. The van der Waals surface area contributed by atoms with Crippen LogP contribution in [0.25, 0.3) is 0 Å². The van der Waals surface area contributed by atoms with Crippen LogP contribution in [0.15, 0.2) is 30.5 Å². The Morgan fingerprint density at radius 1 is 1.44 bits per heavy atom. The number of ether oxygens (including phenoxy) is 1. The first-order chi connectivity index (χ1) is 7.86. The molecule has 0 aliphatic carbocycles. The highest BCUT2D eigenvalue weighted by Gasteiger charge is 2.25. The normalized spacial score (nSPS) is 17.9. The Labute approximate surface area is 92.3 Å². The second-order valence-electron chi connectivity index (χ2n) is 3.76. The zero-order chi connectivity index (χ0) is 11.0. The average molecular weight is 214 g/mol. The molecular formula is C12H10N2O2. The number of para-hydroxylation sites is 1. The van der Waals surface area contributed by atoms with E-state index in [4.69, 9.17) is 4.74 Å². The molecule has 2 aromatic rings. The standard InChI is InChI=1S/C12H10N2O2/c15-7-9-6-13-12(14-9)11-5-8-3-1-2-4-10(8)16-11/h1-4,6-7,11H,5H2,(H,13,14). The van der Waals surface area contributed by atoms with Crippen molar-refractivity contribution in [2.24, 2.45) is 0 Å². The average Bonchev–Trinajstić information content (AvgIpc) is 2.95. The summed E-state index contributed by atoms with van der Waals surface area (Å²) in [6.07, 6.45) is 2.96. The summed E-state index contributed by atoms with van der Waals surface area (Å²) < 4.78 is 5.74. The number of fused-ring (bicyclic) bond motifs is 1. The smallest absolute Gasteiger partial charge is 0.167 e. The third-order valence-corrected chi connectivity index (χ3v) is 2.69. The minimum absolute atomic E-state index is 0.105. The molecule has 16 heavy (non-hydrogen) atoms. The number of carbonyl (C=O) groups excluding carboxylic acids is 1. The molecule has 3 rings (SSSR count). The number of aldehydes is 1. The van der Waals surface area contributed by atoms with Crippen molar-refractivity contribution in [3.63, 3.8) is 0 Å². The fraction of sp³-hybridized carbons (Fsp3) is 0.167. The molecule has 0 saturated carbocycles. The van der Waals surface area contributed by atoms with Gasteiger partial charge in [-0.3, -0.25) is 4.79 Å². The van der Waals surface area contributed by atoms with Gasteiger partial charge in [0.15, 0.2) is 12.4 Å². The van der Waals surface area contributed by atoms with Crippen LogP contribution in [0.4, 0.5) is 0 Å². The highest BCUT2D eigenvalue weighted by molar-refractivity contribution is 5.71. The summed E-state index contributed by atoms with van der Waals surface area (Å²) in [5, 5.41) is 0. The summed E-state index contributed by atoms with van der Waals surface area (Å²) in [6.45, 7) is 0. The molecular weight excluding hydrogens is 204 g/mol. The number of aromatic amines is 1. The lowest BCUT2D eigenvalue weighted by molar-refractivity contribution is 0.111. The monoisotopic (exact) mass is 214 g/mol. The number of rotatable bonds is 2. The van der Waals surface area contributed by atoms with E-state index < -0.39 is 0 Å². The maximum Gasteiger partial charge on any atom is 0.167 e. The van der Waals surface area contributed by atoms with Crippen molar-refractivity contribution in [2.75, 3.05) is 0 Å². The Bertz CT molecular complexity index is 508. The lowest BCUT2D eigenvalue weighted by Crippen LogP contribution is -2.05. The van der Waals surface area contributed by atoms with Crippen LogP contribution in [0, 0.1) is 0 Å². The van der Waals surface area contributed by atoms with Crippen molar-refractivity contribution in [2.45, 2.75) is 12.5 Å². The van der Waals surface area contributed by atoms with E-state index in [1.165, 1.54) is 11.8 Å². The fourth-order valence-electron chi connectivity index (χ4n) is 1.91. The van der Waals surface area contributed by atoms with Crippen LogP contribution in [-0.2, 0) is 6.42 Å². The first-order valence-corrected chi connectivity index (χ1v) is 5.11. The van der Waals surface area contributed by atoms with E-state index in [0.29, 0.717) is 11.5 Å². The first kappa shape index (κ1) is 9.15. The molecule has 0 fully saturated rings.